The number of nitrogens with zero attached hydrogens (tertiary/aromatic N) is 2. The molecule has 4 nitrogen and oxygen atoms in total. The summed E-state index contributed by atoms with van der Waals surface area (Å²) in [6.45, 7) is 0. The van der Waals surface area contributed by atoms with Crippen molar-refractivity contribution in [3.05, 3.63) is 52.9 Å². The summed E-state index contributed by atoms with van der Waals surface area (Å²) in [4.78, 5) is 12.4. The molecule has 0 saturated heterocycles. The molecule has 18 heavy (non-hydrogen) atoms. The lowest BCUT2D eigenvalue weighted by Gasteiger charge is -2.01. The van der Waals surface area contributed by atoms with Gasteiger partial charge in [-0.3, -0.25) is 4.79 Å². The zero-order valence-electron chi connectivity index (χ0n) is 9.59. The summed E-state index contributed by atoms with van der Waals surface area (Å²) < 4.78 is 5.15. The van der Waals surface area contributed by atoms with Crippen LogP contribution in [0.1, 0.15) is 46.0 Å². The van der Waals surface area contributed by atoms with Gasteiger partial charge in [-0.15, -0.1) is 0 Å². The summed E-state index contributed by atoms with van der Waals surface area (Å²) in [7, 11) is 0. The molecular weight excluding hydrogens is 228 g/mol. The van der Waals surface area contributed by atoms with E-state index in [9.17, 15) is 4.79 Å². The van der Waals surface area contributed by atoms with Gasteiger partial charge in [-0.1, -0.05) is 17.3 Å². The number of carbonyl (C=O) groups is 1. The Morgan fingerprint density at radius 2 is 2.11 bits per heavy atom. The van der Waals surface area contributed by atoms with Gasteiger partial charge in [-0.2, -0.15) is 5.26 Å². The average Bonchev–Trinajstić information content (AvgIpc) is 3.15. The molecular formula is C14H10N2O2. The lowest BCUT2D eigenvalue weighted by molar-refractivity contribution is 0.103. The predicted molar refractivity (Wildman–Crippen MR) is 63.1 cm³/mol. The quantitative estimate of drug-likeness (QED) is 0.771. The van der Waals surface area contributed by atoms with Crippen LogP contribution < -0.4 is 0 Å². The van der Waals surface area contributed by atoms with Gasteiger partial charge in [0.05, 0.1) is 23.4 Å². The van der Waals surface area contributed by atoms with E-state index in [2.05, 4.69) is 5.16 Å². The van der Waals surface area contributed by atoms with Crippen molar-refractivity contribution in [2.45, 2.75) is 18.8 Å². The van der Waals surface area contributed by atoms with Crippen molar-refractivity contribution in [3.8, 4) is 6.07 Å². The first-order valence-electron chi connectivity index (χ1n) is 5.79. The third-order valence-electron chi connectivity index (χ3n) is 3.08. The van der Waals surface area contributed by atoms with Crippen LogP contribution in [0, 0.1) is 11.3 Å². The molecule has 0 spiro atoms. The fraction of sp³-hybridized carbons (Fsp3) is 0.214. The van der Waals surface area contributed by atoms with Gasteiger partial charge in [0.2, 0.25) is 0 Å². The SMILES string of the molecule is N#Cc1ccccc1C(=O)c1cnoc1C1CC1. The first kappa shape index (κ1) is 10.7. The maximum absolute atomic E-state index is 12.4. The molecule has 0 aliphatic heterocycles. The fourth-order valence-corrected chi connectivity index (χ4v) is 1.98. The molecule has 3 rings (SSSR count). The molecule has 88 valence electrons. The van der Waals surface area contributed by atoms with Crippen molar-refractivity contribution < 1.29 is 9.32 Å². The third kappa shape index (κ3) is 1.70. The summed E-state index contributed by atoms with van der Waals surface area (Å²) in [5, 5.41) is 12.7. The topological polar surface area (TPSA) is 66.9 Å². The zero-order chi connectivity index (χ0) is 12.5. The van der Waals surface area contributed by atoms with Crippen molar-refractivity contribution in [3.63, 3.8) is 0 Å². The van der Waals surface area contributed by atoms with E-state index in [1.807, 2.05) is 6.07 Å². The largest absolute Gasteiger partial charge is 0.360 e. The van der Waals surface area contributed by atoms with E-state index in [0.29, 0.717) is 28.4 Å². The summed E-state index contributed by atoms with van der Waals surface area (Å²) in [6, 6.07) is 8.81. The Bertz CT molecular complexity index is 648. The summed E-state index contributed by atoms with van der Waals surface area (Å²) >= 11 is 0. The minimum Gasteiger partial charge on any atom is -0.360 e. The molecule has 0 unspecified atom stereocenters. The third-order valence-corrected chi connectivity index (χ3v) is 3.08. The maximum atomic E-state index is 12.4. The van der Waals surface area contributed by atoms with Gasteiger partial charge >= 0.3 is 0 Å². The van der Waals surface area contributed by atoms with Crippen LogP contribution in [0.15, 0.2) is 35.0 Å². The highest BCUT2D eigenvalue weighted by molar-refractivity contribution is 6.11. The number of benzene rings is 1. The van der Waals surface area contributed by atoms with Crippen LogP contribution in [0.2, 0.25) is 0 Å². The Balaban J connectivity index is 2.04. The van der Waals surface area contributed by atoms with E-state index in [1.54, 1.807) is 24.3 Å². The van der Waals surface area contributed by atoms with Gasteiger partial charge in [0, 0.05) is 11.5 Å². The number of carbonyl (C=O) groups excluding carboxylic acids is 1. The molecule has 1 aromatic heterocycles. The number of hydrogen-bond acceptors (Lipinski definition) is 4. The van der Waals surface area contributed by atoms with Crippen LogP contribution >= 0.6 is 0 Å². The van der Waals surface area contributed by atoms with Crippen LogP contribution in [-0.2, 0) is 0 Å². The molecule has 1 fully saturated rings. The van der Waals surface area contributed by atoms with E-state index in [-0.39, 0.29) is 5.78 Å². The van der Waals surface area contributed by atoms with Crippen LogP contribution in [0.4, 0.5) is 0 Å². The Kier molecular flexibility index (Phi) is 2.45. The molecule has 2 aromatic rings. The fourth-order valence-electron chi connectivity index (χ4n) is 1.98. The molecule has 0 radical (unpaired) electrons. The highest BCUT2D eigenvalue weighted by Crippen LogP contribution is 2.42. The molecule has 0 N–H and O–H groups in total. The van der Waals surface area contributed by atoms with Gasteiger partial charge in [-0.05, 0) is 25.0 Å². The lowest BCUT2D eigenvalue weighted by Crippen LogP contribution is -2.05. The smallest absolute Gasteiger partial charge is 0.199 e. The van der Waals surface area contributed by atoms with Crippen molar-refractivity contribution >= 4 is 5.78 Å². The Hall–Kier alpha value is -2.41. The molecule has 0 atom stereocenters. The van der Waals surface area contributed by atoms with E-state index in [0.717, 1.165) is 12.8 Å². The van der Waals surface area contributed by atoms with Crippen LogP contribution in [0.5, 0.6) is 0 Å². The van der Waals surface area contributed by atoms with Crippen LogP contribution in [0.3, 0.4) is 0 Å². The second-order valence-electron chi connectivity index (χ2n) is 4.36. The van der Waals surface area contributed by atoms with E-state index in [1.165, 1.54) is 6.20 Å². The minimum absolute atomic E-state index is 0.185. The van der Waals surface area contributed by atoms with Crippen molar-refractivity contribution in [1.82, 2.24) is 5.16 Å². The highest BCUT2D eigenvalue weighted by Gasteiger charge is 2.33. The number of ketones is 1. The first-order valence-corrected chi connectivity index (χ1v) is 5.79. The molecule has 0 amide bonds. The van der Waals surface area contributed by atoms with E-state index >= 15 is 0 Å². The normalized spacial score (nSPS) is 14.2. The van der Waals surface area contributed by atoms with Crippen molar-refractivity contribution in [1.29, 1.82) is 5.26 Å². The Morgan fingerprint density at radius 3 is 2.83 bits per heavy atom. The van der Waals surface area contributed by atoms with Crippen LogP contribution in [-0.4, -0.2) is 10.9 Å². The van der Waals surface area contributed by atoms with Gasteiger partial charge in [-0.25, -0.2) is 0 Å². The van der Waals surface area contributed by atoms with Gasteiger partial charge < -0.3 is 4.52 Å². The molecule has 0 bridgehead atoms. The second-order valence-corrected chi connectivity index (χ2v) is 4.36. The predicted octanol–water partition coefficient (Wildman–Crippen LogP) is 2.65. The second kappa shape index (κ2) is 4.11. The molecule has 4 heteroatoms. The molecule has 1 aliphatic rings. The van der Waals surface area contributed by atoms with Crippen molar-refractivity contribution in [2.75, 3.05) is 0 Å². The monoisotopic (exact) mass is 238 g/mol. The van der Waals surface area contributed by atoms with E-state index in [4.69, 9.17) is 9.78 Å². The standard InChI is InChI=1S/C14H10N2O2/c15-7-10-3-1-2-4-11(10)13(17)12-8-16-18-14(12)9-5-6-9/h1-4,8-9H,5-6H2. The number of aromatic nitrogens is 1. The summed E-state index contributed by atoms with van der Waals surface area (Å²) in [5.74, 6) is 0.795. The maximum Gasteiger partial charge on any atom is 0.199 e. The summed E-state index contributed by atoms with van der Waals surface area (Å²) in [6.07, 6.45) is 3.52. The number of hydrogen-bond donors (Lipinski definition) is 0. The zero-order valence-corrected chi connectivity index (χ0v) is 9.59. The van der Waals surface area contributed by atoms with Gasteiger partial charge in [0.1, 0.15) is 0 Å². The Labute approximate surface area is 104 Å². The Morgan fingerprint density at radius 1 is 1.33 bits per heavy atom. The molecule has 1 saturated carbocycles. The van der Waals surface area contributed by atoms with Crippen LogP contribution in [0.25, 0.3) is 0 Å². The average molecular weight is 238 g/mol. The lowest BCUT2D eigenvalue weighted by atomic mass is 9.98. The molecule has 1 heterocycles. The summed E-state index contributed by atoms with van der Waals surface area (Å²) in [5.41, 5.74) is 1.27. The van der Waals surface area contributed by atoms with Gasteiger partial charge in [0.25, 0.3) is 0 Å². The number of nitriles is 1. The molecule has 1 aliphatic carbocycles. The van der Waals surface area contributed by atoms with Crippen molar-refractivity contribution in [2.24, 2.45) is 0 Å². The highest BCUT2D eigenvalue weighted by atomic mass is 16.5. The van der Waals surface area contributed by atoms with E-state index < -0.39 is 0 Å². The van der Waals surface area contributed by atoms with Gasteiger partial charge in [0.15, 0.2) is 11.5 Å². The number of rotatable bonds is 3. The minimum atomic E-state index is -0.185. The first-order chi connectivity index (χ1) is 8.81. The molecule has 1 aromatic carbocycles.